The first kappa shape index (κ1) is 48.3. The van der Waals surface area contributed by atoms with Gasteiger partial charge in [-0.25, -0.2) is 0 Å². The summed E-state index contributed by atoms with van der Waals surface area (Å²) in [7, 11) is 0. The molecule has 0 spiro atoms. The normalized spacial score (nSPS) is 15.2. The Morgan fingerprint density at radius 1 is 0.345 bits per heavy atom. The summed E-state index contributed by atoms with van der Waals surface area (Å²) in [5.74, 6) is 0.309. The van der Waals surface area contributed by atoms with Crippen LogP contribution in [0.5, 0.6) is 0 Å². The van der Waals surface area contributed by atoms with Crippen molar-refractivity contribution >= 4 is 72.0 Å². The van der Waals surface area contributed by atoms with E-state index in [9.17, 15) is 0 Å². The van der Waals surface area contributed by atoms with Crippen molar-refractivity contribution in [3.63, 3.8) is 0 Å². The van der Waals surface area contributed by atoms with Crippen LogP contribution < -0.4 is 4.90 Å². The van der Waals surface area contributed by atoms with E-state index in [1.807, 2.05) is 0 Å². The minimum absolute atomic E-state index is 0.215. The summed E-state index contributed by atoms with van der Waals surface area (Å²) >= 11 is 0. The lowest BCUT2D eigenvalue weighted by atomic mass is 9.78. The fraction of sp³-hybridized carbons (Fsp3) is 0.0750. The minimum atomic E-state index is 0.215. The average molecular weight is 1080 g/mol. The molecule has 84 heavy (non-hydrogen) atoms. The number of anilines is 2. The smallest absolute Gasteiger partial charge is 0.0629 e. The van der Waals surface area contributed by atoms with Crippen LogP contribution in [0.1, 0.15) is 40.3 Å². The van der Waals surface area contributed by atoms with Gasteiger partial charge < -0.3 is 18.6 Å². The summed E-state index contributed by atoms with van der Waals surface area (Å²) in [6.07, 6.45) is 15.8. The zero-order valence-electron chi connectivity index (χ0n) is 46.9. The van der Waals surface area contributed by atoms with Crippen LogP contribution in [0.3, 0.4) is 0 Å². The van der Waals surface area contributed by atoms with Crippen molar-refractivity contribution in [2.45, 2.75) is 38.6 Å². The first-order valence-corrected chi connectivity index (χ1v) is 29.6. The summed E-state index contributed by atoms with van der Waals surface area (Å²) in [4.78, 5) is 2.54. The van der Waals surface area contributed by atoms with E-state index in [2.05, 4.69) is 312 Å². The highest BCUT2D eigenvalue weighted by molar-refractivity contribution is 6.11. The molecule has 0 amide bonds. The Morgan fingerprint density at radius 3 is 1.18 bits per heavy atom. The van der Waals surface area contributed by atoms with Crippen molar-refractivity contribution < 1.29 is 0 Å². The standard InChI is InChI=1S/C80H58N4/c1-51-77(53-35-43-57(44-36-53)81-69-27-11-3-19-61(69)62-20-4-12-28-70(62)81)79(55-39-47-59(48-40-55)83-73-31-15-7-23-65(73)66-24-8-16-32-74(66)83)52(2)80(56-41-49-60(50-42-56)84-75-33-17-9-25-67(75)68-26-10-18-34-76(68)84)78(51)54-37-45-58(46-38-54)82-71-29-13-5-21-63(71)64-22-6-14-30-72(64)82/h3-17,19-33,35-50,65,73H,18,34H2,1-2H3. The molecule has 17 rings (SSSR count). The molecule has 0 radical (unpaired) electrons. The zero-order valence-corrected chi connectivity index (χ0v) is 46.9. The first-order chi connectivity index (χ1) is 41.6. The van der Waals surface area contributed by atoms with Crippen molar-refractivity contribution in [3.8, 4) is 61.6 Å². The van der Waals surface area contributed by atoms with E-state index in [0.29, 0.717) is 5.92 Å². The topological polar surface area (TPSA) is 18.0 Å². The lowest BCUT2D eigenvalue weighted by molar-refractivity contribution is 0.745. The Labute approximate surface area is 489 Å². The third kappa shape index (κ3) is 7.26. The van der Waals surface area contributed by atoms with Gasteiger partial charge in [-0.3, -0.25) is 0 Å². The molecule has 0 N–H and O–H groups in total. The van der Waals surface area contributed by atoms with E-state index in [1.54, 1.807) is 0 Å². The second kappa shape index (κ2) is 19.1. The molecule has 0 saturated carbocycles. The number of allylic oxidation sites excluding steroid dienone is 3. The highest BCUT2D eigenvalue weighted by Gasteiger charge is 2.37. The van der Waals surface area contributed by atoms with Gasteiger partial charge in [-0.2, -0.15) is 0 Å². The monoisotopic (exact) mass is 1070 g/mol. The van der Waals surface area contributed by atoms with E-state index in [4.69, 9.17) is 0 Å². The molecule has 2 aliphatic carbocycles. The molecule has 3 aromatic heterocycles. The molecule has 4 heteroatoms. The number of hydrogen-bond acceptors (Lipinski definition) is 1. The predicted octanol–water partition coefficient (Wildman–Crippen LogP) is 20.8. The molecule has 11 aromatic carbocycles. The van der Waals surface area contributed by atoms with Gasteiger partial charge >= 0.3 is 0 Å². The number of para-hydroxylation sites is 6. The molecule has 2 unspecified atom stereocenters. The van der Waals surface area contributed by atoms with Gasteiger partial charge in [0.25, 0.3) is 0 Å². The molecule has 4 heterocycles. The maximum absolute atomic E-state index is 2.54. The summed E-state index contributed by atoms with van der Waals surface area (Å²) < 4.78 is 7.35. The van der Waals surface area contributed by atoms with Crippen LogP contribution in [0.2, 0.25) is 0 Å². The largest absolute Gasteiger partial charge is 0.333 e. The number of fused-ring (bicyclic) bond motifs is 12. The third-order valence-corrected chi connectivity index (χ3v) is 18.6. The Balaban J connectivity index is 0.886. The Hall–Kier alpha value is -10.4. The van der Waals surface area contributed by atoms with Crippen LogP contribution in [0.4, 0.5) is 11.4 Å². The number of hydrogen-bond donors (Lipinski definition) is 0. The van der Waals surface area contributed by atoms with Crippen LogP contribution in [-0.2, 0) is 6.42 Å². The Morgan fingerprint density at radius 2 is 0.714 bits per heavy atom. The molecule has 1 aliphatic heterocycles. The van der Waals surface area contributed by atoms with Crippen molar-refractivity contribution in [1.29, 1.82) is 0 Å². The third-order valence-electron chi connectivity index (χ3n) is 18.6. The average Bonchev–Trinajstić information content (AvgIpc) is 1.42. The first-order valence-electron chi connectivity index (χ1n) is 29.6. The molecule has 0 saturated heterocycles. The van der Waals surface area contributed by atoms with Crippen LogP contribution in [0.25, 0.3) is 122 Å². The van der Waals surface area contributed by atoms with Crippen LogP contribution in [0.15, 0.2) is 273 Å². The fourth-order valence-corrected chi connectivity index (χ4v) is 15.0. The van der Waals surface area contributed by atoms with Gasteiger partial charge in [0.15, 0.2) is 0 Å². The molecule has 398 valence electrons. The molecule has 0 bridgehead atoms. The molecule has 3 aliphatic rings. The second-order valence-corrected chi connectivity index (χ2v) is 23.0. The molecule has 4 nitrogen and oxygen atoms in total. The number of aromatic nitrogens is 3. The van der Waals surface area contributed by atoms with Crippen molar-refractivity contribution in [1.82, 2.24) is 13.7 Å². The van der Waals surface area contributed by atoms with Gasteiger partial charge in [-0.1, -0.05) is 194 Å². The highest BCUT2D eigenvalue weighted by Crippen LogP contribution is 2.52. The lowest BCUT2D eigenvalue weighted by Gasteiger charge is -2.29. The van der Waals surface area contributed by atoms with Crippen LogP contribution in [0, 0.1) is 13.8 Å². The van der Waals surface area contributed by atoms with E-state index in [-0.39, 0.29) is 6.04 Å². The van der Waals surface area contributed by atoms with Crippen molar-refractivity contribution in [2.75, 3.05) is 4.90 Å². The Bertz CT molecular complexity index is 4970. The summed E-state index contributed by atoms with van der Waals surface area (Å²) in [5, 5.41) is 6.34. The minimum Gasteiger partial charge on any atom is -0.333 e. The molecule has 14 aromatic rings. The highest BCUT2D eigenvalue weighted by atomic mass is 15.2. The molecular weight excluding hydrogens is 1020 g/mol. The van der Waals surface area contributed by atoms with Gasteiger partial charge in [-0.15, -0.1) is 0 Å². The van der Waals surface area contributed by atoms with E-state index in [0.717, 1.165) is 24.2 Å². The van der Waals surface area contributed by atoms with Crippen LogP contribution in [-0.4, -0.2) is 19.7 Å². The van der Waals surface area contributed by atoms with Crippen molar-refractivity contribution in [2.24, 2.45) is 0 Å². The maximum Gasteiger partial charge on any atom is 0.0629 e. The zero-order chi connectivity index (χ0) is 55.6. The summed E-state index contributed by atoms with van der Waals surface area (Å²) in [5.41, 5.74) is 28.3. The SMILES string of the molecule is Cc1c(-c2ccc(N3c4ccccc4C4C=CC=CC43)cc2)c(-c2ccc(-n3c4ccccc4c4ccccc43)cc2)c(C)c(-c2ccc(-n3c4ccccc4c4ccccc43)cc2)c1-c1ccc(-n2c3c(c4ccccc42)C=CCC3)cc1. The van der Waals surface area contributed by atoms with Crippen molar-refractivity contribution in [3.05, 3.63) is 301 Å². The van der Waals surface area contributed by atoms with Gasteiger partial charge in [0, 0.05) is 72.5 Å². The predicted molar refractivity (Wildman–Crippen MR) is 354 cm³/mol. The molecule has 2 atom stereocenters. The van der Waals surface area contributed by atoms with Gasteiger partial charge in [0.05, 0.1) is 33.6 Å². The summed E-state index contributed by atoms with van der Waals surface area (Å²) in [6, 6.07) is 91.0. The summed E-state index contributed by atoms with van der Waals surface area (Å²) in [6.45, 7) is 4.75. The van der Waals surface area contributed by atoms with Gasteiger partial charge in [0.1, 0.15) is 0 Å². The number of benzene rings is 11. The maximum atomic E-state index is 2.54. The van der Waals surface area contributed by atoms with E-state index in [1.165, 1.54) is 144 Å². The quantitative estimate of drug-likeness (QED) is 0.148. The van der Waals surface area contributed by atoms with Gasteiger partial charge in [0.2, 0.25) is 0 Å². The van der Waals surface area contributed by atoms with Gasteiger partial charge in [-0.05, 0) is 173 Å². The van der Waals surface area contributed by atoms with Crippen LogP contribution >= 0.6 is 0 Å². The lowest BCUT2D eigenvalue weighted by Crippen LogP contribution is -2.28. The Kier molecular flexibility index (Phi) is 11.0. The van der Waals surface area contributed by atoms with E-state index >= 15 is 0 Å². The second-order valence-electron chi connectivity index (χ2n) is 23.0. The molecule has 0 fully saturated rings. The number of nitrogens with zero attached hydrogens (tertiary/aromatic N) is 4. The van der Waals surface area contributed by atoms with E-state index < -0.39 is 0 Å². The molecular formula is C80H58N4. The number of rotatable bonds is 8. The fourth-order valence-electron chi connectivity index (χ4n) is 15.0.